The second-order valence-corrected chi connectivity index (χ2v) is 7.32. The summed E-state index contributed by atoms with van der Waals surface area (Å²) in [5.41, 5.74) is 7.96. The monoisotopic (exact) mass is 282 g/mol. The van der Waals surface area contributed by atoms with Crippen molar-refractivity contribution in [3.8, 4) is 0 Å². The molecule has 1 fully saturated rings. The maximum absolute atomic E-state index is 12.4. The third kappa shape index (κ3) is 2.77. The third-order valence-electron chi connectivity index (χ3n) is 4.22. The van der Waals surface area contributed by atoms with Crippen molar-refractivity contribution < 1.29 is 8.42 Å². The Morgan fingerprint density at radius 1 is 1.26 bits per heavy atom. The zero-order valence-corrected chi connectivity index (χ0v) is 12.6. The second kappa shape index (κ2) is 4.80. The van der Waals surface area contributed by atoms with Gasteiger partial charge < -0.3 is 5.73 Å². The topological polar surface area (TPSA) is 72.2 Å². The van der Waals surface area contributed by atoms with Crippen molar-refractivity contribution in [3.05, 3.63) is 23.3 Å². The highest BCUT2D eigenvalue weighted by atomic mass is 32.2. The van der Waals surface area contributed by atoms with Crippen molar-refractivity contribution >= 4 is 15.7 Å². The predicted molar refractivity (Wildman–Crippen MR) is 77.5 cm³/mol. The lowest BCUT2D eigenvalue weighted by molar-refractivity contribution is 0.475. The Kier molecular flexibility index (Phi) is 3.62. The van der Waals surface area contributed by atoms with E-state index in [1.807, 2.05) is 13.0 Å². The van der Waals surface area contributed by atoms with Gasteiger partial charge in [0.15, 0.2) is 0 Å². The summed E-state index contributed by atoms with van der Waals surface area (Å²) in [4.78, 5) is 0.236. The van der Waals surface area contributed by atoms with Gasteiger partial charge in [0.2, 0.25) is 10.0 Å². The van der Waals surface area contributed by atoms with Gasteiger partial charge in [0.1, 0.15) is 4.90 Å². The van der Waals surface area contributed by atoms with Gasteiger partial charge in [0, 0.05) is 6.54 Å². The van der Waals surface area contributed by atoms with E-state index in [0.717, 1.165) is 24.8 Å². The molecular weight excluding hydrogens is 260 g/mol. The van der Waals surface area contributed by atoms with Crippen molar-refractivity contribution in [2.45, 2.75) is 44.9 Å². The Hall–Kier alpha value is -1.07. The summed E-state index contributed by atoms with van der Waals surface area (Å²) in [6.45, 7) is 6.21. The van der Waals surface area contributed by atoms with Crippen molar-refractivity contribution in [1.29, 1.82) is 0 Å². The molecule has 0 unspecified atom stereocenters. The van der Waals surface area contributed by atoms with E-state index in [-0.39, 0.29) is 10.3 Å². The molecule has 2 rings (SSSR count). The maximum atomic E-state index is 12.4. The number of nitrogens with one attached hydrogen (secondary N) is 1. The fourth-order valence-corrected chi connectivity index (χ4v) is 3.90. The van der Waals surface area contributed by atoms with Crippen molar-refractivity contribution in [1.82, 2.24) is 4.72 Å². The van der Waals surface area contributed by atoms with Gasteiger partial charge in [-0.3, -0.25) is 0 Å². The molecule has 0 spiro atoms. The van der Waals surface area contributed by atoms with E-state index in [1.165, 1.54) is 0 Å². The molecule has 0 radical (unpaired) electrons. The molecule has 1 saturated carbocycles. The first kappa shape index (κ1) is 14.3. The molecule has 1 aromatic carbocycles. The largest absolute Gasteiger partial charge is 0.397 e. The lowest BCUT2D eigenvalue weighted by Gasteiger charge is -2.17. The van der Waals surface area contributed by atoms with Gasteiger partial charge in [0.05, 0.1) is 5.69 Å². The van der Waals surface area contributed by atoms with Crippen LogP contribution in [-0.2, 0) is 10.0 Å². The molecule has 1 aromatic rings. The number of aryl methyl sites for hydroxylation is 2. The maximum Gasteiger partial charge on any atom is 0.242 e. The average molecular weight is 282 g/mol. The Morgan fingerprint density at radius 2 is 1.84 bits per heavy atom. The smallest absolute Gasteiger partial charge is 0.242 e. The van der Waals surface area contributed by atoms with E-state index >= 15 is 0 Å². The summed E-state index contributed by atoms with van der Waals surface area (Å²) in [6.07, 6.45) is 3.22. The van der Waals surface area contributed by atoms with Gasteiger partial charge in [-0.25, -0.2) is 13.1 Å². The summed E-state index contributed by atoms with van der Waals surface area (Å²) >= 11 is 0. The highest BCUT2D eigenvalue weighted by molar-refractivity contribution is 7.89. The molecular formula is C14H22N2O2S. The van der Waals surface area contributed by atoms with Crippen LogP contribution in [0.4, 0.5) is 5.69 Å². The molecule has 4 nitrogen and oxygen atoms in total. The number of benzene rings is 1. The van der Waals surface area contributed by atoms with Crippen LogP contribution in [0, 0.1) is 19.3 Å². The van der Waals surface area contributed by atoms with Crippen LogP contribution in [0.25, 0.3) is 0 Å². The molecule has 0 aliphatic heterocycles. The summed E-state index contributed by atoms with van der Waals surface area (Å²) in [5, 5.41) is 0. The lowest BCUT2D eigenvalue weighted by Crippen LogP contribution is -2.31. The van der Waals surface area contributed by atoms with E-state index in [9.17, 15) is 8.42 Å². The van der Waals surface area contributed by atoms with Crippen LogP contribution in [0.3, 0.4) is 0 Å². The molecule has 0 atom stereocenters. The van der Waals surface area contributed by atoms with Gasteiger partial charge in [0.25, 0.3) is 0 Å². The van der Waals surface area contributed by atoms with Crippen molar-refractivity contribution in [3.63, 3.8) is 0 Å². The van der Waals surface area contributed by atoms with Crippen LogP contribution in [0.1, 0.15) is 37.3 Å². The number of nitrogen functional groups attached to an aromatic ring is 1. The lowest BCUT2D eigenvalue weighted by atomic mass is 10.1. The third-order valence-corrected chi connectivity index (χ3v) is 5.83. The molecule has 19 heavy (non-hydrogen) atoms. The minimum absolute atomic E-state index is 0.180. The summed E-state index contributed by atoms with van der Waals surface area (Å²) in [6, 6.07) is 3.64. The SMILES string of the molecule is CCC1(CNS(=O)(=O)c2c(C)ccc(C)c2N)CC1. The summed E-state index contributed by atoms with van der Waals surface area (Å²) < 4.78 is 27.6. The second-order valence-electron chi connectivity index (χ2n) is 5.62. The van der Waals surface area contributed by atoms with Crippen LogP contribution in [0.5, 0.6) is 0 Å². The predicted octanol–water partition coefficient (Wildman–Crippen LogP) is 2.35. The van der Waals surface area contributed by atoms with Crippen LogP contribution < -0.4 is 10.5 Å². The van der Waals surface area contributed by atoms with Crippen LogP contribution in [0.2, 0.25) is 0 Å². The Balaban J connectivity index is 2.27. The Morgan fingerprint density at radius 3 is 2.37 bits per heavy atom. The molecule has 5 heteroatoms. The molecule has 1 aliphatic rings. The number of anilines is 1. The Bertz CT molecular complexity index is 590. The van der Waals surface area contributed by atoms with E-state index in [1.54, 1.807) is 13.0 Å². The van der Waals surface area contributed by atoms with Gasteiger partial charge >= 0.3 is 0 Å². The fourth-order valence-electron chi connectivity index (χ4n) is 2.32. The minimum Gasteiger partial charge on any atom is -0.397 e. The molecule has 1 aliphatic carbocycles. The average Bonchev–Trinajstić information content (AvgIpc) is 3.13. The van der Waals surface area contributed by atoms with Crippen LogP contribution >= 0.6 is 0 Å². The van der Waals surface area contributed by atoms with Gasteiger partial charge in [-0.2, -0.15) is 0 Å². The van der Waals surface area contributed by atoms with E-state index < -0.39 is 10.0 Å². The highest BCUT2D eigenvalue weighted by Crippen LogP contribution is 2.48. The zero-order valence-electron chi connectivity index (χ0n) is 11.8. The van der Waals surface area contributed by atoms with Crippen LogP contribution in [0.15, 0.2) is 17.0 Å². The summed E-state index contributed by atoms with van der Waals surface area (Å²) in [5.74, 6) is 0. The van der Waals surface area contributed by atoms with Crippen molar-refractivity contribution in [2.24, 2.45) is 5.41 Å². The molecule has 0 saturated heterocycles. The molecule has 0 amide bonds. The molecule has 106 valence electrons. The van der Waals surface area contributed by atoms with Crippen molar-refractivity contribution in [2.75, 3.05) is 12.3 Å². The van der Waals surface area contributed by atoms with Crippen LogP contribution in [-0.4, -0.2) is 15.0 Å². The van der Waals surface area contributed by atoms with E-state index in [4.69, 9.17) is 5.73 Å². The van der Waals surface area contributed by atoms with Gasteiger partial charge in [-0.1, -0.05) is 19.1 Å². The number of nitrogens with two attached hydrogens (primary N) is 1. The number of hydrogen-bond acceptors (Lipinski definition) is 3. The standard InChI is InChI=1S/C14H22N2O2S/c1-4-14(7-8-14)9-16-19(17,18)13-11(3)6-5-10(2)12(13)15/h5-6,16H,4,7-9,15H2,1-3H3. The van der Waals surface area contributed by atoms with E-state index in [2.05, 4.69) is 11.6 Å². The fraction of sp³-hybridized carbons (Fsp3) is 0.571. The number of rotatable bonds is 5. The first-order valence-electron chi connectivity index (χ1n) is 6.67. The van der Waals surface area contributed by atoms with Gasteiger partial charge in [-0.15, -0.1) is 0 Å². The molecule has 3 N–H and O–H groups in total. The first-order valence-corrected chi connectivity index (χ1v) is 8.15. The number of hydrogen-bond donors (Lipinski definition) is 2. The van der Waals surface area contributed by atoms with Gasteiger partial charge in [-0.05, 0) is 49.7 Å². The Labute approximate surface area is 115 Å². The highest BCUT2D eigenvalue weighted by Gasteiger charge is 2.41. The number of sulfonamides is 1. The molecule has 0 aromatic heterocycles. The quantitative estimate of drug-likeness (QED) is 0.814. The molecule has 0 heterocycles. The minimum atomic E-state index is -3.52. The summed E-state index contributed by atoms with van der Waals surface area (Å²) in [7, 11) is -3.52. The normalized spacial score (nSPS) is 17.4. The van der Waals surface area contributed by atoms with E-state index in [0.29, 0.717) is 17.8 Å². The zero-order chi connectivity index (χ0) is 14.3. The first-order chi connectivity index (χ1) is 8.81. The molecule has 0 bridgehead atoms.